The molecule has 0 aromatic carbocycles. The maximum absolute atomic E-state index is 12.5. The number of nitrogens with zero attached hydrogens (tertiary/aromatic N) is 1. The molecule has 1 amide bonds. The third-order valence-electron chi connectivity index (χ3n) is 4.83. The third kappa shape index (κ3) is 3.05. The standard InChI is InChI=1S/C15H28N2O/c1-3-14-8-7-11(2)17(14)15(18)10-12-5-4-6-13(16)9-12/h11-14H,3-10,16H2,1-2H3. The van der Waals surface area contributed by atoms with Crippen LogP contribution in [-0.2, 0) is 4.79 Å². The van der Waals surface area contributed by atoms with Crippen molar-refractivity contribution in [1.82, 2.24) is 4.90 Å². The molecule has 2 fully saturated rings. The van der Waals surface area contributed by atoms with Crippen LogP contribution in [0, 0.1) is 5.92 Å². The molecule has 0 bridgehead atoms. The predicted molar refractivity (Wildman–Crippen MR) is 74.2 cm³/mol. The Balaban J connectivity index is 1.90. The zero-order chi connectivity index (χ0) is 13.1. The quantitative estimate of drug-likeness (QED) is 0.839. The van der Waals surface area contributed by atoms with Crippen molar-refractivity contribution in [2.45, 2.75) is 83.3 Å². The highest BCUT2D eigenvalue weighted by atomic mass is 16.2. The van der Waals surface area contributed by atoms with Crippen molar-refractivity contribution in [1.29, 1.82) is 0 Å². The van der Waals surface area contributed by atoms with Gasteiger partial charge in [-0.05, 0) is 51.4 Å². The van der Waals surface area contributed by atoms with Crippen LogP contribution in [0.15, 0.2) is 0 Å². The van der Waals surface area contributed by atoms with E-state index in [1.807, 2.05) is 0 Å². The van der Waals surface area contributed by atoms with Crippen LogP contribution in [0.1, 0.15) is 65.2 Å². The summed E-state index contributed by atoms with van der Waals surface area (Å²) in [6.07, 6.45) is 8.77. The number of nitrogens with two attached hydrogens (primary N) is 1. The molecule has 104 valence electrons. The summed E-state index contributed by atoms with van der Waals surface area (Å²) in [4.78, 5) is 14.7. The highest BCUT2D eigenvalue weighted by molar-refractivity contribution is 5.77. The van der Waals surface area contributed by atoms with Gasteiger partial charge in [0.05, 0.1) is 0 Å². The first kappa shape index (κ1) is 13.9. The van der Waals surface area contributed by atoms with E-state index in [1.54, 1.807) is 0 Å². The van der Waals surface area contributed by atoms with Crippen molar-refractivity contribution in [2.24, 2.45) is 11.7 Å². The van der Waals surface area contributed by atoms with Crippen LogP contribution in [0.4, 0.5) is 0 Å². The molecule has 0 radical (unpaired) electrons. The molecule has 3 heteroatoms. The molecule has 4 atom stereocenters. The highest BCUT2D eigenvalue weighted by Gasteiger charge is 2.34. The molecule has 1 saturated carbocycles. The fraction of sp³-hybridized carbons (Fsp3) is 0.933. The number of carbonyl (C=O) groups is 1. The fourth-order valence-electron chi connectivity index (χ4n) is 3.79. The molecule has 1 heterocycles. The van der Waals surface area contributed by atoms with Gasteiger partial charge in [-0.2, -0.15) is 0 Å². The number of carbonyl (C=O) groups excluding carboxylic acids is 1. The maximum Gasteiger partial charge on any atom is 0.223 e. The molecular weight excluding hydrogens is 224 g/mol. The van der Waals surface area contributed by atoms with Crippen molar-refractivity contribution in [3.8, 4) is 0 Å². The maximum atomic E-state index is 12.5. The number of amides is 1. The van der Waals surface area contributed by atoms with E-state index in [-0.39, 0.29) is 0 Å². The second kappa shape index (κ2) is 6.05. The Labute approximate surface area is 111 Å². The normalized spacial score (nSPS) is 36.9. The van der Waals surface area contributed by atoms with Crippen molar-refractivity contribution in [3.05, 3.63) is 0 Å². The van der Waals surface area contributed by atoms with Gasteiger partial charge in [-0.15, -0.1) is 0 Å². The Bertz CT molecular complexity index is 292. The zero-order valence-electron chi connectivity index (χ0n) is 11.9. The van der Waals surface area contributed by atoms with Crippen LogP contribution in [0.25, 0.3) is 0 Å². The van der Waals surface area contributed by atoms with Gasteiger partial charge in [0.1, 0.15) is 0 Å². The molecule has 2 rings (SSSR count). The summed E-state index contributed by atoms with van der Waals surface area (Å²) >= 11 is 0. The molecular formula is C15H28N2O. The van der Waals surface area contributed by atoms with Crippen LogP contribution < -0.4 is 5.73 Å². The van der Waals surface area contributed by atoms with Crippen LogP contribution >= 0.6 is 0 Å². The van der Waals surface area contributed by atoms with Gasteiger partial charge < -0.3 is 10.6 Å². The largest absolute Gasteiger partial charge is 0.337 e. The Hall–Kier alpha value is -0.570. The first-order valence-corrected chi connectivity index (χ1v) is 7.68. The van der Waals surface area contributed by atoms with E-state index in [4.69, 9.17) is 5.73 Å². The smallest absolute Gasteiger partial charge is 0.223 e. The van der Waals surface area contributed by atoms with Crippen molar-refractivity contribution in [2.75, 3.05) is 0 Å². The summed E-state index contributed by atoms with van der Waals surface area (Å²) in [6, 6.07) is 1.26. The minimum Gasteiger partial charge on any atom is -0.337 e. The molecule has 3 nitrogen and oxygen atoms in total. The van der Waals surface area contributed by atoms with E-state index >= 15 is 0 Å². The zero-order valence-corrected chi connectivity index (χ0v) is 11.9. The Morgan fingerprint density at radius 1 is 1.28 bits per heavy atom. The number of likely N-dealkylation sites (tertiary alicyclic amines) is 1. The van der Waals surface area contributed by atoms with E-state index in [0.29, 0.717) is 30.0 Å². The summed E-state index contributed by atoms with van der Waals surface area (Å²) in [7, 11) is 0. The Kier molecular flexibility index (Phi) is 4.66. The molecule has 2 aliphatic rings. The monoisotopic (exact) mass is 252 g/mol. The van der Waals surface area contributed by atoms with E-state index in [1.165, 1.54) is 25.7 Å². The fourth-order valence-corrected chi connectivity index (χ4v) is 3.79. The summed E-state index contributed by atoms with van der Waals surface area (Å²) in [5.74, 6) is 0.914. The Morgan fingerprint density at radius 2 is 2.06 bits per heavy atom. The van der Waals surface area contributed by atoms with Gasteiger partial charge in [0.2, 0.25) is 5.91 Å². The second-order valence-electron chi connectivity index (χ2n) is 6.29. The first-order valence-electron chi connectivity index (χ1n) is 7.68. The van der Waals surface area contributed by atoms with Crippen LogP contribution in [0.2, 0.25) is 0 Å². The summed E-state index contributed by atoms with van der Waals surface area (Å²) < 4.78 is 0. The van der Waals surface area contributed by atoms with E-state index in [2.05, 4.69) is 18.7 Å². The number of rotatable bonds is 3. The molecule has 0 spiro atoms. The van der Waals surface area contributed by atoms with Crippen LogP contribution in [-0.4, -0.2) is 28.9 Å². The van der Waals surface area contributed by atoms with Crippen LogP contribution in [0.3, 0.4) is 0 Å². The summed E-state index contributed by atoms with van der Waals surface area (Å²) in [6.45, 7) is 4.39. The molecule has 1 saturated heterocycles. The van der Waals surface area contributed by atoms with Crippen molar-refractivity contribution >= 4 is 5.91 Å². The van der Waals surface area contributed by atoms with E-state index in [0.717, 1.165) is 25.7 Å². The lowest BCUT2D eigenvalue weighted by molar-refractivity contribution is -0.135. The summed E-state index contributed by atoms with van der Waals surface area (Å²) in [5.41, 5.74) is 6.01. The number of hydrogen-bond donors (Lipinski definition) is 1. The lowest BCUT2D eigenvalue weighted by Gasteiger charge is -2.32. The average Bonchev–Trinajstić information content (AvgIpc) is 2.70. The molecule has 4 unspecified atom stereocenters. The minimum absolute atomic E-state index is 0.328. The molecule has 0 aromatic rings. The van der Waals surface area contributed by atoms with Crippen LogP contribution in [0.5, 0.6) is 0 Å². The molecule has 1 aliphatic heterocycles. The lowest BCUT2D eigenvalue weighted by atomic mass is 9.84. The van der Waals surface area contributed by atoms with E-state index in [9.17, 15) is 4.79 Å². The molecule has 2 N–H and O–H groups in total. The topological polar surface area (TPSA) is 46.3 Å². The number of hydrogen-bond acceptors (Lipinski definition) is 2. The van der Waals surface area contributed by atoms with Gasteiger partial charge in [0.25, 0.3) is 0 Å². The van der Waals surface area contributed by atoms with Crippen molar-refractivity contribution < 1.29 is 4.79 Å². The second-order valence-corrected chi connectivity index (χ2v) is 6.29. The average molecular weight is 252 g/mol. The SMILES string of the molecule is CCC1CCC(C)N1C(=O)CC1CCCC(N)C1. The summed E-state index contributed by atoms with van der Waals surface area (Å²) in [5, 5.41) is 0. The lowest BCUT2D eigenvalue weighted by Crippen LogP contribution is -2.41. The molecule has 1 aliphatic carbocycles. The van der Waals surface area contributed by atoms with Gasteiger partial charge in [-0.25, -0.2) is 0 Å². The van der Waals surface area contributed by atoms with Crippen molar-refractivity contribution in [3.63, 3.8) is 0 Å². The Morgan fingerprint density at radius 3 is 2.72 bits per heavy atom. The third-order valence-corrected chi connectivity index (χ3v) is 4.83. The predicted octanol–water partition coefficient (Wildman–Crippen LogP) is 2.68. The molecule has 18 heavy (non-hydrogen) atoms. The van der Waals surface area contributed by atoms with Gasteiger partial charge in [0, 0.05) is 24.5 Å². The van der Waals surface area contributed by atoms with Gasteiger partial charge in [0.15, 0.2) is 0 Å². The van der Waals surface area contributed by atoms with Gasteiger partial charge >= 0.3 is 0 Å². The first-order chi connectivity index (χ1) is 8.61. The molecule has 0 aromatic heterocycles. The van der Waals surface area contributed by atoms with Gasteiger partial charge in [-0.1, -0.05) is 13.3 Å². The minimum atomic E-state index is 0.328. The van der Waals surface area contributed by atoms with E-state index < -0.39 is 0 Å². The van der Waals surface area contributed by atoms with Gasteiger partial charge in [-0.3, -0.25) is 4.79 Å². The highest BCUT2D eigenvalue weighted by Crippen LogP contribution is 2.31.